The molecule has 6 nitrogen and oxygen atoms in total. The van der Waals surface area contributed by atoms with Gasteiger partial charge in [-0.25, -0.2) is 4.39 Å². The first-order chi connectivity index (χ1) is 15.4. The van der Waals surface area contributed by atoms with E-state index in [0.29, 0.717) is 36.2 Å². The number of hydrogen-bond donors (Lipinski definition) is 3. The molecule has 1 saturated carbocycles. The fourth-order valence-electron chi connectivity index (χ4n) is 4.58. The van der Waals surface area contributed by atoms with Crippen LogP contribution in [0.25, 0.3) is 0 Å². The molecule has 0 aliphatic heterocycles. The van der Waals surface area contributed by atoms with Crippen molar-refractivity contribution >= 4 is 34.1 Å². The number of benzene rings is 1. The highest BCUT2D eigenvalue weighted by Crippen LogP contribution is 2.39. The molecule has 1 heterocycles. The summed E-state index contributed by atoms with van der Waals surface area (Å²) in [6.07, 6.45) is 5.87. The molecule has 8 heteroatoms. The van der Waals surface area contributed by atoms with E-state index >= 15 is 0 Å². The van der Waals surface area contributed by atoms with Crippen LogP contribution in [-0.4, -0.2) is 22.9 Å². The maximum absolute atomic E-state index is 13.1. The third-order valence-electron chi connectivity index (χ3n) is 6.45. The molecule has 2 amide bonds. The lowest BCUT2D eigenvalue weighted by Crippen LogP contribution is -2.30. The third-order valence-corrected chi connectivity index (χ3v) is 7.66. The number of nitrogens with one attached hydrogen (secondary N) is 2. The van der Waals surface area contributed by atoms with Gasteiger partial charge in [0.15, 0.2) is 0 Å². The molecule has 0 saturated heterocycles. The Hall–Kier alpha value is -2.74. The van der Waals surface area contributed by atoms with Gasteiger partial charge in [0.2, 0.25) is 5.91 Å². The van der Waals surface area contributed by atoms with Gasteiger partial charge >= 0.3 is 5.97 Å². The summed E-state index contributed by atoms with van der Waals surface area (Å²) in [4.78, 5) is 38.4. The number of halogens is 1. The van der Waals surface area contributed by atoms with Crippen LogP contribution in [0.2, 0.25) is 0 Å². The van der Waals surface area contributed by atoms with Crippen molar-refractivity contribution in [2.45, 2.75) is 57.9 Å². The smallest absolute Gasteiger partial charge is 0.306 e. The fourth-order valence-corrected chi connectivity index (χ4v) is 5.87. The molecule has 2 aliphatic carbocycles. The van der Waals surface area contributed by atoms with Gasteiger partial charge in [-0.2, -0.15) is 0 Å². The van der Waals surface area contributed by atoms with E-state index in [2.05, 4.69) is 10.6 Å². The quantitative estimate of drug-likeness (QED) is 0.593. The van der Waals surface area contributed by atoms with Gasteiger partial charge in [0.1, 0.15) is 10.8 Å². The Labute approximate surface area is 190 Å². The van der Waals surface area contributed by atoms with Gasteiger partial charge in [0.25, 0.3) is 5.91 Å². The van der Waals surface area contributed by atoms with Crippen molar-refractivity contribution in [1.82, 2.24) is 5.32 Å². The van der Waals surface area contributed by atoms with Crippen LogP contribution in [0.3, 0.4) is 0 Å². The van der Waals surface area contributed by atoms with Crippen molar-refractivity contribution in [3.63, 3.8) is 0 Å². The normalized spacial score (nSPS) is 20.3. The first kappa shape index (κ1) is 22.5. The van der Waals surface area contributed by atoms with Crippen molar-refractivity contribution in [1.29, 1.82) is 0 Å². The summed E-state index contributed by atoms with van der Waals surface area (Å²) in [5.41, 5.74) is 2.35. The van der Waals surface area contributed by atoms with Crippen LogP contribution >= 0.6 is 11.3 Å². The van der Waals surface area contributed by atoms with Crippen molar-refractivity contribution in [2.75, 3.05) is 5.32 Å². The number of rotatable bonds is 6. The van der Waals surface area contributed by atoms with Gasteiger partial charge < -0.3 is 15.7 Å². The van der Waals surface area contributed by atoms with Gasteiger partial charge in [0, 0.05) is 17.3 Å². The summed E-state index contributed by atoms with van der Waals surface area (Å²) in [5, 5.41) is 15.7. The summed E-state index contributed by atoms with van der Waals surface area (Å²) in [6, 6.07) is 5.99. The van der Waals surface area contributed by atoms with Crippen LogP contribution in [0, 0.1) is 17.7 Å². The third kappa shape index (κ3) is 5.01. The molecule has 0 radical (unpaired) electrons. The summed E-state index contributed by atoms with van der Waals surface area (Å²) in [7, 11) is 0. The Kier molecular flexibility index (Phi) is 6.89. The van der Waals surface area contributed by atoms with E-state index in [4.69, 9.17) is 0 Å². The molecular weight excluding hydrogens is 431 g/mol. The number of fused-ring (bicyclic) bond motifs is 1. The standard InChI is InChI=1S/C24H27FN2O4S/c25-17-11-5-14(6-12-17)13-26-22(29)20-18-3-1-2-4-19(18)32-23(20)27-21(28)15-7-9-16(10-8-15)24(30)31/h5-6,11-12,15-16H,1-4,7-10,13H2,(H,26,29)(H,27,28)(H,30,31). The second-order valence-corrected chi connectivity index (χ2v) is 9.71. The molecule has 4 rings (SSSR count). The van der Waals surface area contributed by atoms with Crippen molar-refractivity contribution in [3.8, 4) is 0 Å². The number of carboxylic acid groups (broad SMARTS) is 1. The van der Waals surface area contributed by atoms with E-state index in [1.54, 1.807) is 12.1 Å². The fraction of sp³-hybridized carbons (Fsp3) is 0.458. The van der Waals surface area contributed by atoms with Gasteiger partial charge in [-0.1, -0.05) is 12.1 Å². The number of amides is 2. The average Bonchev–Trinajstić information content (AvgIpc) is 3.16. The molecule has 3 N–H and O–H groups in total. The molecule has 0 atom stereocenters. The summed E-state index contributed by atoms with van der Waals surface area (Å²) in [6.45, 7) is 0.274. The molecule has 0 bridgehead atoms. The van der Waals surface area contributed by atoms with Gasteiger partial charge in [-0.15, -0.1) is 11.3 Å². The largest absolute Gasteiger partial charge is 0.481 e. The van der Waals surface area contributed by atoms with Crippen LogP contribution in [0.4, 0.5) is 9.39 Å². The minimum atomic E-state index is -0.796. The Balaban J connectivity index is 1.48. The van der Waals surface area contributed by atoms with Crippen LogP contribution in [0.15, 0.2) is 24.3 Å². The molecule has 0 unspecified atom stereocenters. The lowest BCUT2D eigenvalue weighted by atomic mass is 9.81. The molecule has 1 aromatic carbocycles. The van der Waals surface area contributed by atoms with E-state index in [1.165, 1.54) is 23.5 Å². The highest BCUT2D eigenvalue weighted by atomic mass is 32.1. The van der Waals surface area contributed by atoms with Crippen molar-refractivity contribution in [3.05, 3.63) is 51.7 Å². The van der Waals surface area contributed by atoms with E-state index in [9.17, 15) is 23.9 Å². The number of thiophene rings is 1. The minimum absolute atomic E-state index is 0.139. The molecule has 2 aliphatic rings. The topological polar surface area (TPSA) is 95.5 Å². The number of carbonyl (C=O) groups excluding carboxylic acids is 2. The van der Waals surface area contributed by atoms with Crippen LogP contribution < -0.4 is 10.6 Å². The highest BCUT2D eigenvalue weighted by molar-refractivity contribution is 7.17. The van der Waals surface area contributed by atoms with E-state index < -0.39 is 5.97 Å². The average molecular weight is 459 g/mol. The SMILES string of the molecule is O=C(NCc1ccc(F)cc1)c1c(NC(=O)C2CCC(C(=O)O)CC2)sc2c1CCCC2. The monoisotopic (exact) mass is 458 g/mol. The molecule has 170 valence electrons. The zero-order chi connectivity index (χ0) is 22.7. The lowest BCUT2D eigenvalue weighted by molar-refractivity contribution is -0.143. The van der Waals surface area contributed by atoms with Crippen molar-refractivity contribution < 1.29 is 23.9 Å². The number of hydrogen-bond acceptors (Lipinski definition) is 4. The maximum atomic E-state index is 13.1. The second kappa shape index (κ2) is 9.81. The number of aryl methyl sites for hydroxylation is 1. The number of anilines is 1. The van der Waals surface area contributed by atoms with Gasteiger partial charge in [0.05, 0.1) is 11.5 Å². The van der Waals surface area contributed by atoms with Gasteiger partial charge in [-0.05, 0) is 74.6 Å². The van der Waals surface area contributed by atoms with Crippen molar-refractivity contribution in [2.24, 2.45) is 11.8 Å². The zero-order valence-corrected chi connectivity index (χ0v) is 18.6. The van der Waals surface area contributed by atoms with E-state index in [-0.39, 0.29) is 36.0 Å². The summed E-state index contributed by atoms with van der Waals surface area (Å²) < 4.78 is 13.1. The van der Waals surface area contributed by atoms with E-state index in [1.807, 2.05) is 0 Å². The Morgan fingerprint density at radius 1 is 1.00 bits per heavy atom. The molecule has 32 heavy (non-hydrogen) atoms. The molecular formula is C24H27FN2O4S. The van der Waals surface area contributed by atoms with Gasteiger partial charge in [-0.3, -0.25) is 14.4 Å². The minimum Gasteiger partial charge on any atom is -0.481 e. The zero-order valence-electron chi connectivity index (χ0n) is 17.8. The first-order valence-electron chi connectivity index (χ1n) is 11.1. The number of carbonyl (C=O) groups is 3. The Morgan fingerprint density at radius 2 is 1.66 bits per heavy atom. The molecule has 0 spiro atoms. The van der Waals surface area contributed by atoms with Crippen LogP contribution in [-0.2, 0) is 29.0 Å². The van der Waals surface area contributed by atoms with Crippen LogP contribution in [0.1, 0.15) is 64.9 Å². The first-order valence-corrected chi connectivity index (χ1v) is 11.9. The van der Waals surface area contributed by atoms with E-state index in [0.717, 1.165) is 41.7 Å². The van der Waals surface area contributed by atoms with Crippen LogP contribution in [0.5, 0.6) is 0 Å². The number of carboxylic acids is 1. The number of aliphatic carboxylic acids is 1. The molecule has 1 aromatic heterocycles. The molecule has 1 fully saturated rings. The predicted molar refractivity (Wildman–Crippen MR) is 120 cm³/mol. The second-order valence-electron chi connectivity index (χ2n) is 8.60. The summed E-state index contributed by atoms with van der Waals surface area (Å²) in [5.74, 6) is -2.11. The predicted octanol–water partition coefficient (Wildman–Crippen LogP) is 4.53. The Morgan fingerprint density at radius 3 is 2.34 bits per heavy atom. The summed E-state index contributed by atoms with van der Waals surface area (Å²) >= 11 is 1.48. The highest BCUT2D eigenvalue weighted by Gasteiger charge is 2.32. The Bertz CT molecular complexity index is 1010. The lowest BCUT2D eigenvalue weighted by Gasteiger charge is -2.25. The maximum Gasteiger partial charge on any atom is 0.306 e. The molecule has 2 aromatic rings.